The number of methoxy groups -OCH3 is 1. The number of esters is 1. The molecule has 1 amide bonds. The molecule has 0 aliphatic carbocycles. The van der Waals surface area contributed by atoms with E-state index in [1.165, 1.54) is 7.11 Å². The zero-order valence-corrected chi connectivity index (χ0v) is 21.5. The molecule has 0 saturated heterocycles. The fraction of sp³-hybridized carbons (Fsp3) is 0.129. The molecule has 1 N–H and O–H groups in total. The molecule has 3 aromatic carbocycles. The molecule has 0 bridgehead atoms. The fourth-order valence-corrected chi connectivity index (χ4v) is 4.68. The van der Waals surface area contributed by atoms with E-state index in [1.54, 1.807) is 24.4 Å². The molecule has 38 heavy (non-hydrogen) atoms. The van der Waals surface area contributed by atoms with E-state index in [2.05, 4.69) is 45.6 Å². The molecule has 2 aromatic heterocycles. The SMILES string of the molecule is COC(=O)c1cccc(Cn2cc(/C=N\NC(=O)c3ccc(-n4c(C)ccc4C)cc3)c3ccccc32)c1. The minimum Gasteiger partial charge on any atom is -0.465 e. The van der Waals surface area contributed by atoms with Crippen molar-refractivity contribution in [2.45, 2.75) is 20.4 Å². The zero-order valence-electron chi connectivity index (χ0n) is 21.5. The zero-order chi connectivity index (χ0) is 26.6. The number of benzene rings is 3. The maximum atomic E-state index is 12.7. The Balaban J connectivity index is 1.32. The third kappa shape index (κ3) is 4.99. The van der Waals surface area contributed by atoms with Crippen molar-refractivity contribution in [3.8, 4) is 5.69 Å². The van der Waals surface area contributed by atoms with Crippen LogP contribution in [-0.4, -0.2) is 34.3 Å². The maximum Gasteiger partial charge on any atom is 0.337 e. The first kappa shape index (κ1) is 24.8. The monoisotopic (exact) mass is 504 g/mol. The van der Waals surface area contributed by atoms with Crippen LogP contribution in [0.2, 0.25) is 0 Å². The van der Waals surface area contributed by atoms with E-state index in [1.807, 2.05) is 60.8 Å². The van der Waals surface area contributed by atoms with Crippen LogP contribution in [0.4, 0.5) is 0 Å². The lowest BCUT2D eigenvalue weighted by atomic mass is 10.1. The normalized spacial score (nSPS) is 11.2. The topological polar surface area (TPSA) is 77.6 Å². The van der Waals surface area contributed by atoms with Crippen LogP contribution in [0.5, 0.6) is 0 Å². The predicted molar refractivity (Wildman–Crippen MR) is 149 cm³/mol. The lowest BCUT2D eigenvalue weighted by Gasteiger charge is -2.10. The molecule has 0 aliphatic rings. The van der Waals surface area contributed by atoms with Crippen molar-refractivity contribution >= 4 is 29.0 Å². The standard InChI is InChI=1S/C31H28N4O3/c1-21-11-12-22(2)35(21)27-15-13-24(14-16-27)30(36)33-32-18-26-20-34(29-10-5-4-9-28(26)29)19-23-7-6-8-25(17-23)31(37)38-3/h4-18,20H,19H2,1-3H3,(H,33,36)/b32-18-. The van der Waals surface area contributed by atoms with Gasteiger partial charge in [-0.15, -0.1) is 0 Å². The molecule has 0 spiro atoms. The van der Waals surface area contributed by atoms with Crippen molar-refractivity contribution < 1.29 is 14.3 Å². The smallest absolute Gasteiger partial charge is 0.337 e. The summed E-state index contributed by atoms with van der Waals surface area (Å²) in [4.78, 5) is 24.6. The van der Waals surface area contributed by atoms with Gasteiger partial charge in [-0.25, -0.2) is 10.2 Å². The fourth-order valence-electron chi connectivity index (χ4n) is 4.68. The molecule has 190 valence electrons. The van der Waals surface area contributed by atoms with Crippen LogP contribution in [0.15, 0.2) is 96.2 Å². The number of aryl methyl sites for hydroxylation is 2. The van der Waals surface area contributed by atoms with Crippen molar-refractivity contribution in [1.29, 1.82) is 0 Å². The molecule has 2 heterocycles. The molecule has 0 radical (unpaired) electrons. The minimum atomic E-state index is -0.364. The van der Waals surface area contributed by atoms with Gasteiger partial charge in [0.05, 0.1) is 18.9 Å². The van der Waals surface area contributed by atoms with E-state index >= 15 is 0 Å². The van der Waals surface area contributed by atoms with Gasteiger partial charge < -0.3 is 13.9 Å². The number of nitrogens with one attached hydrogen (secondary N) is 1. The van der Waals surface area contributed by atoms with Gasteiger partial charge in [0.25, 0.3) is 5.91 Å². The van der Waals surface area contributed by atoms with E-state index < -0.39 is 0 Å². The number of nitrogens with zero attached hydrogens (tertiary/aromatic N) is 3. The summed E-state index contributed by atoms with van der Waals surface area (Å²) in [6.07, 6.45) is 3.64. The maximum absolute atomic E-state index is 12.7. The van der Waals surface area contributed by atoms with Crippen LogP contribution in [-0.2, 0) is 11.3 Å². The van der Waals surface area contributed by atoms with Crippen LogP contribution < -0.4 is 5.43 Å². The number of para-hydroxylation sites is 1. The average molecular weight is 505 g/mol. The Kier molecular flexibility index (Phi) is 6.91. The molecule has 7 heteroatoms. The minimum absolute atomic E-state index is 0.280. The van der Waals surface area contributed by atoms with Crippen LogP contribution in [0.25, 0.3) is 16.6 Å². The summed E-state index contributed by atoms with van der Waals surface area (Å²) in [6.45, 7) is 4.68. The van der Waals surface area contributed by atoms with Crippen LogP contribution in [0.3, 0.4) is 0 Å². The van der Waals surface area contributed by atoms with Crippen molar-refractivity contribution in [3.05, 3.63) is 125 Å². The lowest BCUT2D eigenvalue weighted by Crippen LogP contribution is -2.17. The number of rotatable bonds is 7. The first-order chi connectivity index (χ1) is 18.4. The second-order valence-electron chi connectivity index (χ2n) is 9.12. The highest BCUT2D eigenvalue weighted by molar-refractivity contribution is 6.00. The highest BCUT2D eigenvalue weighted by Crippen LogP contribution is 2.22. The number of fused-ring (bicyclic) bond motifs is 1. The number of aromatic nitrogens is 2. The highest BCUT2D eigenvalue weighted by Gasteiger charge is 2.11. The molecule has 0 unspecified atom stereocenters. The summed E-state index contributed by atoms with van der Waals surface area (Å²) < 4.78 is 9.08. The second-order valence-corrected chi connectivity index (χ2v) is 9.12. The molecular weight excluding hydrogens is 476 g/mol. The molecule has 5 aromatic rings. The average Bonchev–Trinajstić information content (AvgIpc) is 3.47. The largest absolute Gasteiger partial charge is 0.465 e. The number of hydrogen-bond donors (Lipinski definition) is 1. The highest BCUT2D eigenvalue weighted by atomic mass is 16.5. The first-order valence-electron chi connectivity index (χ1n) is 12.3. The number of hydrogen-bond acceptors (Lipinski definition) is 4. The van der Waals surface area contributed by atoms with Gasteiger partial charge in [-0.3, -0.25) is 4.79 Å². The first-order valence-corrected chi connectivity index (χ1v) is 12.3. The Hall–Kier alpha value is -4.91. The van der Waals surface area contributed by atoms with Crippen LogP contribution >= 0.6 is 0 Å². The molecule has 0 fully saturated rings. The molecular formula is C31H28N4O3. The van der Waals surface area contributed by atoms with Gasteiger partial charge in [-0.2, -0.15) is 5.10 Å². The number of hydrazone groups is 1. The van der Waals surface area contributed by atoms with E-state index in [4.69, 9.17) is 4.74 Å². The Morgan fingerprint density at radius 1 is 0.895 bits per heavy atom. The van der Waals surface area contributed by atoms with Gasteiger partial charge in [0.1, 0.15) is 0 Å². The summed E-state index contributed by atoms with van der Waals surface area (Å²) in [5.74, 6) is -0.644. The Morgan fingerprint density at radius 2 is 1.63 bits per heavy atom. The molecule has 7 nitrogen and oxygen atoms in total. The Bertz CT molecular complexity index is 1640. The van der Waals surface area contributed by atoms with Gasteiger partial charge in [0.15, 0.2) is 0 Å². The predicted octanol–water partition coefficient (Wildman–Crippen LogP) is 5.65. The van der Waals surface area contributed by atoms with Crippen LogP contribution in [0, 0.1) is 13.8 Å². The van der Waals surface area contributed by atoms with Gasteiger partial charge in [0, 0.05) is 51.8 Å². The Labute approximate surface area is 221 Å². The van der Waals surface area contributed by atoms with Gasteiger partial charge in [-0.05, 0) is 74.0 Å². The third-order valence-electron chi connectivity index (χ3n) is 6.55. The molecule has 0 aliphatic heterocycles. The molecule has 0 saturated carbocycles. The van der Waals surface area contributed by atoms with Crippen molar-refractivity contribution in [2.24, 2.45) is 5.10 Å². The Morgan fingerprint density at radius 3 is 2.37 bits per heavy atom. The summed E-state index contributed by atoms with van der Waals surface area (Å²) >= 11 is 0. The molecule has 0 atom stereocenters. The van der Waals surface area contributed by atoms with Gasteiger partial charge in [0.2, 0.25) is 0 Å². The quantitative estimate of drug-likeness (QED) is 0.177. The van der Waals surface area contributed by atoms with Gasteiger partial charge in [-0.1, -0.05) is 30.3 Å². The number of carbonyl (C=O) groups is 2. The van der Waals surface area contributed by atoms with Crippen molar-refractivity contribution in [3.63, 3.8) is 0 Å². The van der Waals surface area contributed by atoms with E-state index in [0.29, 0.717) is 17.7 Å². The van der Waals surface area contributed by atoms with E-state index in [0.717, 1.165) is 39.1 Å². The van der Waals surface area contributed by atoms with Gasteiger partial charge >= 0.3 is 5.97 Å². The number of ether oxygens (including phenoxy) is 1. The molecule has 5 rings (SSSR count). The second kappa shape index (κ2) is 10.6. The van der Waals surface area contributed by atoms with E-state index in [-0.39, 0.29) is 11.9 Å². The van der Waals surface area contributed by atoms with Crippen molar-refractivity contribution in [2.75, 3.05) is 7.11 Å². The lowest BCUT2D eigenvalue weighted by molar-refractivity contribution is 0.0600. The van der Waals surface area contributed by atoms with Crippen LogP contribution in [0.1, 0.15) is 43.2 Å². The summed E-state index contributed by atoms with van der Waals surface area (Å²) in [6, 6.07) is 27.0. The summed E-state index contributed by atoms with van der Waals surface area (Å²) in [7, 11) is 1.37. The number of amides is 1. The third-order valence-corrected chi connectivity index (χ3v) is 6.55. The number of carbonyl (C=O) groups excluding carboxylic acids is 2. The van der Waals surface area contributed by atoms with E-state index in [9.17, 15) is 9.59 Å². The summed E-state index contributed by atoms with van der Waals surface area (Å²) in [5.41, 5.74) is 9.83. The summed E-state index contributed by atoms with van der Waals surface area (Å²) in [5, 5.41) is 5.24. The van der Waals surface area contributed by atoms with Crippen molar-refractivity contribution in [1.82, 2.24) is 14.6 Å².